The van der Waals surface area contributed by atoms with Gasteiger partial charge in [0.2, 0.25) is 0 Å². The number of hydrogen-bond donors (Lipinski definition) is 2. The predicted octanol–water partition coefficient (Wildman–Crippen LogP) is 3.59. The maximum Gasteiger partial charge on any atom is 0.119 e. The van der Waals surface area contributed by atoms with Crippen LogP contribution >= 0.6 is 11.6 Å². The van der Waals surface area contributed by atoms with Gasteiger partial charge in [0, 0.05) is 12.2 Å². The van der Waals surface area contributed by atoms with E-state index in [2.05, 4.69) is 36.5 Å². The van der Waals surface area contributed by atoms with Gasteiger partial charge < -0.3 is 15.2 Å². The van der Waals surface area contributed by atoms with E-state index in [0.29, 0.717) is 13.2 Å². The van der Waals surface area contributed by atoms with Crippen LogP contribution in [-0.2, 0) is 6.61 Å². The molecule has 0 heterocycles. The number of benzene rings is 2. The van der Waals surface area contributed by atoms with Crippen LogP contribution in [0.1, 0.15) is 11.1 Å². The van der Waals surface area contributed by atoms with Crippen LogP contribution in [0.3, 0.4) is 0 Å². The highest BCUT2D eigenvalue weighted by Crippen LogP contribution is 2.17. The first-order chi connectivity index (χ1) is 10.2. The Hall–Kier alpha value is -1.71. The molecule has 2 N–H and O–H groups in total. The van der Waals surface area contributed by atoms with Gasteiger partial charge in [-0.3, -0.25) is 0 Å². The molecule has 0 aliphatic carbocycles. The lowest BCUT2D eigenvalue weighted by Crippen LogP contribution is -2.20. The van der Waals surface area contributed by atoms with Gasteiger partial charge in [-0.15, -0.1) is 11.6 Å². The Morgan fingerprint density at radius 1 is 1.10 bits per heavy atom. The van der Waals surface area contributed by atoms with E-state index in [-0.39, 0.29) is 5.88 Å². The van der Waals surface area contributed by atoms with Crippen molar-refractivity contribution in [1.29, 1.82) is 0 Å². The molecule has 0 fully saturated rings. The third kappa shape index (κ3) is 5.29. The zero-order chi connectivity index (χ0) is 15.1. The highest BCUT2D eigenvalue weighted by Gasteiger charge is 2.01. The number of aryl methyl sites for hydroxylation is 1. The molecular weight excluding hydrogens is 286 g/mol. The minimum absolute atomic E-state index is 0.227. The fraction of sp³-hybridized carbons (Fsp3) is 0.294. The number of ether oxygens (including phenoxy) is 1. The van der Waals surface area contributed by atoms with Crippen LogP contribution in [0.4, 0.5) is 5.69 Å². The van der Waals surface area contributed by atoms with Gasteiger partial charge in [-0.05, 0) is 36.8 Å². The van der Waals surface area contributed by atoms with Crippen LogP contribution in [-0.4, -0.2) is 23.6 Å². The Bertz CT molecular complexity index is 540. The van der Waals surface area contributed by atoms with E-state index in [4.69, 9.17) is 16.3 Å². The van der Waals surface area contributed by atoms with Gasteiger partial charge in [-0.1, -0.05) is 29.8 Å². The van der Waals surface area contributed by atoms with Crippen LogP contribution in [0.25, 0.3) is 0 Å². The number of alkyl halides is 1. The maximum absolute atomic E-state index is 9.38. The average molecular weight is 306 g/mol. The van der Waals surface area contributed by atoms with Crippen molar-refractivity contribution in [2.45, 2.75) is 19.6 Å². The van der Waals surface area contributed by atoms with Gasteiger partial charge in [0.15, 0.2) is 0 Å². The van der Waals surface area contributed by atoms with Crippen LogP contribution in [0.2, 0.25) is 0 Å². The first kappa shape index (κ1) is 15.7. The third-order valence-corrected chi connectivity index (χ3v) is 3.46. The van der Waals surface area contributed by atoms with E-state index < -0.39 is 6.10 Å². The Kier molecular flexibility index (Phi) is 5.90. The van der Waals surface area contributed by atoms with Gasteiger partial charge in [-0.2, -0.15) is 0 Å². The molecule has 0 saturated heterocycles. The summed E-state index contributed by atoms with van der Waals surface area (Å²) in [6.45, 7) is 3.06. The van der Waals surface area contributed by atoms with E-state index in [0.717, 1.165) is 17.0 Å². The van der Waals surface area contributed by atoms with Crippen molar-refractivity contribution in [3.8, 4) is 5.75 Å². The molecule has 1 unspecified atom stereocenters. The van der Waals surface area contributed by atoms with Crippen molar-refractivity contribution < 1.29 is 9.84 Å². The summed E-state index contributed by atoms with van der Waals surface area (Å²) in [5, 5.41) is 12.5. The monoisotopic (exact) mass is 305 g/mol. The second-order valence-corrected chi connectivity index (χ2v) is 5.30. The van der Waals surface area contributed by atoms with Gasteiger partial charge in [-0.25, -0.2) is 0 Å². The SMILES string of the molecule is Cc1ccc(COc2ccc(NCC(O)CCl)cc2)cc1. The molecule has 112 valence electrons. The number of rotatable bonds is 7. The molecule has 21 heavy (non-hydrogen) atoms. The fourth-order valence-electron chi connectivity index (χ4n) is 1.81. The largest absolute Gasteiger partial charge is 0.489 e. The molecule has 3 nitrogen and oxygen atoms in total. The number of nitrogens with one attached hydrogen (secondary N) is 1. The Balaban J connectivity index is 1.83. The van der Waals surface area contributed by atoms with Gasteiger partial charge >= 0.3 is 0 Å². The van der Waals surface area contributed by atoms with Gasteiger partial charge in [0.05, 0.1) is 12.0 Å². The number of aliphatic hydroxyl groups excluding tert-OH is 1. The summed E-state index contributed by atoms with van der Waals surface area (Å²) in [6.07, 6.45) is -0.538. The number of hydrogen-bond acceptors (Lipinski definition) is 3. The van der Waals surface area contributed by atoms with Crippen molar-refractivity contribution in [2.75, 3.05) is 17.7 Å². The molecule has 0 saturated carbocycles. The summed E-state index contributed by atoms with van der Waals surface area (Å²) < 4.78 is 5.74. The average Bonchev–Trinajstić information content (AvgIpc) is 2.53. The molecule has 4 heteroatoms. The smallest absolute Gasteiger partial charge is 0.119 e. The molecule has 2 rings (SSSR count). The molecular formula is C17H20ClNO2. The van der Waals surface area contributed by atoms with Crippen molar-refractivity contribution in [3.05, 3.63) is 59.7 Å². The Labute approximate surface area is 130 Å². The summed E-state index contributed by atoms with van der Waals surface area (Å²) >= 11 is 5.54. The lowest BCUT2D eigenvalue weighted by atomic mass is 10.2. The van der Waals surface area contributed by atoms with E-state index in [1.807, 2.05) is 24.3 Å². The van der Waals surface area contributed by atoms with Crippen LogP contribution < -0.4 is 10.1 Å². The first-order valence-corrected chi connectivity index (χ1v) is 7.47. The van der Waals surface area contributed by atoms with Crippen molar-refractivity contribution in [3.63, 3.8) is 0 Å². The third-order valence-electron chi connectivity index (χ3n) is 3.10. The fourth-order valence-corrected chi connectivity index (χ4v) is 1.92. The normalized spacial score (nSPS) is 12.0. The van der Waals surface area contributed by atoms with Crippen molar-refractivity contribution >= 4 is 17.3 Å². The maximum atomic E-state index is 9.38. The quantitative estimate of drug-likeness (QED) is 0.768. The molecule has 0 radical (unpaired) electrons. The Morgan fingerprint density at radius 3 is 2.38 bits per heavy atom. The van der Waals surface area contributed by atoms with E-state index in [1.165, 1.54) is 5.56 Å². The molecule has 0 amide bonds. The molecule has 0 aliphatic rings. The summed E-state index contributed by atoms with van der Waals surface area (Å²) in [5.41, 5.74) is 3.32. The Morgan fingerprint density at radius 2 is 1.76 bits per heavy atom. The van der Waals surface area contributed by atoms with Crippen molar-refractivity contribution in [2.24, 2.45) is 0 Å². The molecule has 0 aromatic heterocycles. The van der Waals surface area contributed by atoms with E-state index in [9.17, 15) is 5.11 Å². The standard InChI is InChI=1S/C17H20ClNO2/c1-13-2-4-14(5-3-13)12-21-17-8-6-15(7-9-17)19-11-16(20)10-18/h2-9,16,19-20H,10-12H2,1H3. The molecule has 2 aromatic rings. The summed E-state index contributed by atoms with van der Waals surface area (Å²) in [7, 11) is 0. The topological polar surface area (TPSA) is 41.5 Å². The summed E-state index contributed by atoms with van der Waals surface area (Å²) in [6, 6.07) is 15.9. The first-order valence-electron chi connectivity index (χ1n) is 6.93. The second kappa shape index (κ2) is 7.91. The molecule has 0 bridgehead atoms. The minimum atomic E-state index is -0.538. The molecule has 2 aromatic carbocycles. The summed E-state index contributed by atoms with van der Waals surface area (Å²) in [4.78, 5) is 0. The number of anilines is 1. The van der Waals surface area contributed by atoms with Gasteiger partial charge in [0.25, 0.3) is 0 Å². The molecule has 0 aliphatic heterocycles. The highest BCUT2D eigenvalue weighted by atomic mass is 35.5. The van der Waals surface area contributed by atoms with Crippen LogP contribution in [0.15, 0.2) is 48.5 Å². The van der Waals surface area contributed by atoms with Gasteiger partial charge in [0.1, 0.15) is 12.4 Å². The number of halogens is 1. The second-order valence-electron chi connectivity index (χ2n) is 4.99. The zero-order valence-electron chi connectivity index (χ0n) is 12.1. The van der Waals surface area contributed by atoms with Crippen molar-refractivity contribution in [1.82, 2.24) is 0 Å². The number of aliphatic hydroxyl groups is 1. The van der Waals surface area contributed by atoms with E-state index in [1.54, 1.807) is 0 Å². The lowest BCUT2D eigenvalue weighted by Gasteiger charge is -2.11. The lowest BCUT2D eigenvalue weighted by molar-refractivity contribution is 0.211. The minimum Gasteiger partial charge on any atom is -0.489 e. The molecule has 0 spiro atoms. The van der Waals surface area contributed by atoms with Crippen LogP contribution in [0.5, 0.6) is 5.75 Å². The zero-order valence-corrected chi connectivity index (χ0v) is 12.8. The molecule has 1 atom stereocenters. The predicted molar refractivity (Wildman–Crippen MR) is 87.2 cm³/mol. The summed E-state index contributed by atoms with van der Waals surface area (Å²) in [5.74, 6) is 1.05. The highest BCUT2D eigenvalue weighted by molar-refractivity contribution is 6.18. The van der Waals surface area contributed by atoms with Crippen LogP contribution in [0, 0.1) is 6.92 Å². The van der Waals surface area contributed by atoms with E-state index >= 15 is 0 Å².